The predicted octanol–water partition coefficient (Wildman–Crippen LogP) is 3.72. The van der Waals surface area contributed by atoms with Gasteiger partial charge in [0.1, 0.15) is 23.0 Å². The highest BCUT2D eigenvalue weighted by Crippen LogP contribution is 2.46. The lowest BCUT2D eigenvalue weighted by Gasteiger charge is -2.08. The van der Waals surface area contributed by atoms with E-state index >= 15 is 0 Å². The van der Waals surface area contributed by atoms with Gasteiger partial charge in [0, 0.05) is 17.3 Å². The molecule has 0 unspecified atom stereocenters. The molecular formula is C16H14FN5S. The molecule has 23 heavy (non-hydrogen) atoms. The molecule has 2 aromatic heterocycles. The predicted molar refractivity (Wildman–Crippen MR) is 83.9 cm³/mol. The molecular weight excluding hydrogens is 313 g/mol. The summed E-state index contributed by atoms with van der Waals surface area (Å²) < 4.78 is 15.9. The Bertz CT molecular complexity index is 901. The molecule has 0 radical (unpaired) electrons. The Kier molecular flexibility index (Phi) is 2.91. The van der Waals surface area contributed by atoms with Crippen molar-refractivity contribution < 1.29 is 4.39 Å². The van der Waals surface area contributed by atoms with Gasteiger partial charge in [0.25, 0.3) is 0 Å². The molecule has 5 rings (SSSR count). The van der Waals surface area contributed by atoms with Gasteiger partial charge >= 0.3 is 0 Å². The Labute approximate surface area is 136 Å². The molecule has 0 bridgehead atoms. The van der Waals surface area contributed by atoms with Crippen LogP contribution in [0.25, 0.3) is 10.9 Å². The van der Waals surface area contributed by atoms with Gasteiger partial charge in [-0.15, -0.1) is 10.2 Å². The maximum atomic E-state index is 13.6. The van der Waals surface area contributed by atoms with Crippen molar-refractivity contribution in [3.05, 3.63) is 36.2 Å². The van der Waals surface area contributed by atoms with Crippen molar-refractivity contribution in [1.29, 1.82) is 0 Å². The molecule has 2 fully saturated rings. The quantitative estimate of drug-likeness (QED) is 0.684. The van der Waals surface area contributed by atoms with E-state index in [4.69, 9.17) is 0 Å². The van der Waals surface area contributed by atoms with E-state index in [2.05, 4.69) is 24.7 Å². The normalized spacial score (nSPS) is 17.8. The van der Waals surface area contributed by atoms with Crippen LogP contribution >= 0.6 is 11.8 Å². The van der Waals surface area contributed by atoms with Crippen LogP contribution in [-0.2, 0) is 0 Å². The minimum absolute atomic E-state index is 0.281. The average molecular weight is 327 g/mol. The first kappa shape index (κ1) is 13.4. The van der Waals surface area contributed by atoms with Gasteiger partial charge in [-0.25, -0.2) is 14.4 Å². The van der Waals surface area contributed by atoms with Crippen LogP contribution in [0.5, 0.6) is 0 Å². The van der Waals surface area contributed by atoms with E-state index in [9.17, 15) is 4.39 Å². The van der Waals surface area contributed by atoms with Gasteiger partial charge in [0.2, 0.25) is 0 Å². The van der Waals surface area contributed by atoms with Crippen LogP contribution in [0.4, 0.5) is 4.39 Å². The van der Waals surface area contributed by atoms with Crippen LogP contribution in [0, 0.1) is 5.82 Å². The summed E-state index contributed by atoms with van der Waals surface area (Å²) in [5.74, 6) is 1.40. The molecule has 2 saturated carbocycles. The summed E-state index contributed by atoms with van der Waals surface area (Å²) in [5.41, 5.74) is 0.740. The van der Waals surface area contributed by atoms with E-state index in [1.165, 1.54) is 55.9 Å². The highest BCUT2D eigenvalue weighted by atomic mass is 32.2. The Hall–Kier alpha value is -2.02. The largest absolute Gasteiger partial charge is 0.302 e. The van der Waals surface area contributed by atoms with Gasteiger partial charge in [-0.1, -0.05) is 0 Å². The van der Waals surface area contributed by atoms with Crippen molar-refractivity contribution in [1.82, 2.24) is 24.7 Å². The monoisotopic (exact) mass is 327 g/mol. The second kappa shape index (κ2) is 4.99. The molecule has 5 nitrogen and oxygen atoms in total. The fraction of sp³-hybridized carbons (Fsp3) is 0.375. The van der Waals surface area contributed by atoms with E-state index in [1.54, 1.807) is 6.07 Å². The lowest BCUT2D eigenvalue weighted by molar-refractivity contribution is 0.626. The standard InChI is InChI=1S/C16H14FN5S/c17-10-3-6-13-12(7-10)15(19-8-18-13)23-16-21-20-14(9-1-2-9)22(16)11-4-5-11/h3,6-9,11H,1-2,4-5H2. The maximum absolute atomic E-state index is 13.6. The lowest BCUT2D eigenvalue weighted by Crippen LogP contribution is -2.02. The van der Waals surface area contributed by atoms with Gasteiger partial charge in [-0.3, -0.25) is 0 Å². The molecule has 0 aliphatic heterocycles. The topological polar surface area (TPSA) is 56.5 Å². The zero-order valence-corrected chi connectivity index (χ0v) is 13.1. The zero-order valence-electron chi connectivity index (χ0n) is 12.3. The number of aromatic nitrogens is 5. The van der Waals surface area contributed by atoms with E-state index in [0.717, 1.165) is 26.9 Å². The molecule has 0 N–H and O–H groups in total. The molecule has 7 heteroatoms. The zero-order chi connectivity index (χ0) is 15.4. The Morgan fingerprint density at radius 2 is 1.96 bits per heavy atom. The maximum Gasteiger partial charge on any atom is 0.197 e. The van der Waals surface area contributed by atoms with E-state index in [0.29, 0.717) is 12.0 Å². The van der Waals surface area contributed by atoms with Crippen LogP contribution in [0.15, 0.2) is 34.7 Å². The second-order valence-corrected chi connectivity index (χ2v) is 7.11. The second-order valence-electron chi connectivity index (χ2n) is 6.16. The number of hydrogen-bond donors (Lipinski definition) is 0. The molecule has 116 valence electrons. The molecule has 2 heterocycles. The molecule has 2 aliphatic carbocycles. The Morgan fingerprint density at radius 1 is 1.09 bits per heavy atom. The Morgan fingerprint density at radius 3 is 2.74 bits per heavy atom. The van der Waals surface area contributed by atoms with Gasteiger partial charge in [0.05, 0.1) is 5.52 Å². The van der Waals surface area contributed by atoms with E-state index < -0.39 is 0 Å². The van der Waals surface area contributed by atoms with Crippen LogP contribution in [0.1, 0.15) is 43.5 Å². The molecule has 0 spiro atoms. The molecule has 3 aromatic rings. The Balaban J connectivity index is 1.58. The van der Waals surface area contributed by atoms with Crippen molar-refractivity contribution in [2.45, 2.75) is 47.8 Å². The van der Waals surface area contributed by atoms with Gasteiger partial charge in [-0.2, -0.15) is 0 Å². The number of fused-ring (bicyclic) bond motifs is 1. The van der Waals surface area contributed by atoms with Crippen molar-refractivity contribution >= 4 is 22.7 Å². The number of halogens is 1. The van der Waals surface area contributed by atoms with Gasteiger partial charge < -0.3 is 4.57 Å². The third-order valence-corrected chi connectivity index (χ3v) is 5.27. The highest BCUT2D eigenvalue weighted by molar-refractivity contribution is 7.99. The summed E-state index contributed by atoms with van der Waals surface area (Å²) in [6.07, 6.45) is 6.30. The number of nitrogens with zero attached hydrogens (tertiary/aromatic N) is 5. The van der Waals surface area contributed by atoms with Crippen molar-refractivity contribution in [2.75, 3.05) is 0 Å². The van der Waals surface area contributed by atoms with Gasteiger partial charge in [0.15, 0.2) is 5.16 Å². The summed E-state index contributed by atoms with van der Waals surface area (Å²) in [7, 11) is 0. The first-order valence-corrected chi connectivity index (χ1v) is 8.64. The molecule has 0 saturated heterocycles. The summed E-state index contributed by atoms with van der Waals surface area (Å²) in [4.78, 5) is 8.54. The van der Waals surface area contributed by atoms with Crippen molar-refractivity contribution in [2.24, 2.45) is 0 Å². The third kappa shape index (κ3) is 2.39. The van der Waals surface area contributed by atoms with Crippen LogP contribution in [-0.4, -0.2) is 24.7 Å². The molecule has 2 aliphatic rings. The molecule has 1 aromatic carbocycles. The first-order chi connectivity index (χ1) is 11.3. The van der Waals surface area contributed by atoms with Crippen LogP contribution in [0.3, 0.4) is 0 Å². The third-order valence-electron chi connectivity index (χ3n) is 4.29. The fourth-order valence-corrected chi connectivity index (χ4v) is 3.80. The summed E-state index contributed by atoms with van der Waals surface area (Å²) in [5, 5.41) is 11.1. The first-order valence-electron chi connectivity index (χ1n) is 7.82. The van der Waals surface area contributed by atoms with E-state index in [1.807, 2.05) is 0 Å². The van der Waals surface area contributed by atoms with Crippen molar-refractivity contribution in [3.8, 4) is 0 Å². The SMILES string of the molecule is Fc1ccc2ncnc(Sc3nnc(C4CC4)n3C3CC3)c2c1. The van der Waals surface area contributed by atoms with Crippen LogP contribution < -0.4 is 0 Å². The fourth-order valence-electron chi connectivity index (χ4n) is 2.83. The number of benzene rings is 1. The minimum atomic E-state index is -0.281. The summed E-state index contributed by atoms with van der Waals surface area (Å²) in [6, 6.07) is 5.10. The highest BCUT2D eigenvalue weighted by Gasteiger charge is 2.36. The smallest absolute Gasteiger partial charge is 0.197 e. The molecule has 0 amide bonds. The lowest BCUT2D eigenvalue weighted by atomic mass is 10.2. The van der Waals surface area contributed by atoms with Crippen LogP contribution in [0.2, 0.25) is 0 Å². The van der Waals surface area contributed by atoms with Gasteiger partial charge in [-0.05, 0) is 55.6 Å². The average Bonchev–Trinajstić information content (AvgIpc) is 3.47. The van der Waals surface area contributed by atoms with E-state index in [-0.39, 0.29) is 5.82 Å². The summed E-state index contributed by atoms with van der Waals surface area (Å²) >= 11 is 1.46. The molecule has 0 atom stereocenters. The van der Waals surface area contributed by atoms with Crippen molar-refractivity contribution in [3.63, 3.8) is 0 Å². The minimum Gasteiger partial charge on any atom is -0.302 e. The number of rotatable bonds is 4. The number of hydrogen-bond acceptors (Lipinski definition) is 5. The summed E-state index contributed by atoms with van der Waals surface area (Å²) in [6.45, 7) is 0.